The van der Waals surface area contributed by atoms with Crippen molar-refractivity contribution in [3.8, 4) is 0 Å². The molecule has 0 bridgehead atoms. The number of aromatic nitrogens is 3. The third-order valence-corrected chi connectivity index (χ3v) is 4.54. The third kappa shape index (κ3) is 5.47. The standard InChI is InChI=1S/C17H22ClN5O2S/c1-10(2)20-16(25)13-6-5-12(18)7-14(13)21-15(24)8-26-17-22-19-9-23(17)11(3)4/h5-7,9-11H,8H2,1-4H3,(H,20,25)(H,21,24). The lowest BCUT2D eigenvalue weighted by molar-refractivity contribution is -0.113. The molecule has 0 radical (unpaired) electrons. The van der Waals surface area contributed by atoms with Gasteiger partial charge in [0.1, 0.15) is 6.33 Å². The van der Waals surface area contributed by atoms with Gasteiger partial charge in [-0.05, 0) is 45.9 Å². The fourth-order valence-electron chi connectivity index (χ4n) is 2.16. The van der Waals surface area contributed by atoms with Gasteiger partial charge in [-0.15, -0.1) is 10.2 Å². The highest BCUT2D eigenvalue weighted by molar-refractivity contribution is 7.99. The summed E-state index contributed by atoms with van der Waals surface area (Å²) in [5.74, 6) is -0.378. The van der Waals surface area contributed by atoms with Crippen molar-refractivity contribution in [3.63, 3.8) is 0 Å². The molecule has 0 fully saturated rings. The molecule has 2 amide bonds. The second kappa shape index (κ2) is 9.05. The van der Waals surface area contributed by atoms with Gasteiger partial charge in [0, 0.05) is 17.1 Å². The molecule has 0 atom stereocenters. The Labute approximate surface area is 161 Å². The van der Waals surface area contributed by atoms with Gasteiger partial charge in [-0.2, -0.15) is 0 Å². The van der Waals surface area contributed by atoms with Gasteiger partial charge < -0.3 is 15.2 Å². The molecule has 9 heteroatoms. The van der Waals surface area contributed by atoms with Crippen LogP contribution < -0.4 is 10.6 Å². The Hall–Kier alpha value is -2.06. The monoisotopic (exact) mass is 395 g/mol. The van der Waals surface area contributed by atoms with Crippen LogP contribution in [0, 0.1) is 0 Å². The molecular weight excluding hydrogens is 374 g/mol. The molecular formula is C17H22ClN5O2S. The summed E-state index contributed by atoms with van der Waals surface area (Å²) in [6, 6.07) is 4.97. The van der Waals surface area contributed by atoms with Crippen LogP contribution in [0.15, 0.2) is 29.7 Å². The number of benzene rings is 1. The Morgan fingerprint density at radius 3 is 2.65 bits per heavy atom. The SMILES string of the molecule is CC(C)NC(=O)c1ccc(Cl)cc1NC(=O)CSc1nncn1C(C)C. The van der Waals surface area contributed by atoms with Crippen LogP contribution >= 0.6 is 23.4 Å². The van der Waals surface area contributed by atoms with Crippen molar-refractivity contribution in [2.24, 2.45) is 0 Å². The Balaban J connectivity index is 2.07. The summed E-state index contributed by atoms with van der Waals surface area (Å²) in [6.45, 7) is 7.76. The van der Waals surface area contributed by atoms with Gasteiger partial charge in [-0.1, -0.05) is 23.4 Å². The van der Waals surface area contributed by atoms with Crippen molar-refractivity contribution in [2.45, 2.75) is 44.9 Å². The summed E-state index contributed by atoms with van der Waals surface area (Å²) >= 11 is 7.30. The number of anilines is 1. The van der Waals surface area contributed by atoms with Crippen molar-refractivity contribution < 1.29 is 9.59 Å². The summed E-state index contributed by atoms with van der Waals surface area (Å²) < 4.78 is 1.89. The minimum atomic E-state index is -0.265. The lowest BCUT2D eigenvalue weighted by atomic mass is 10.1. The number of rotatable bonds is 7. The van der Waals surface area contributed by atoms with E-state index in [1.54, 1.807) is 24.5 Å². The highest BCUT2D eigenvalue weighted by atomic mass is 35.5. The summed E-state index contributed by atoms with van der Waals surface area (Å²) in [5, 5.41) is 14.6. The third-order valence-electron chi connectivity index (χ3n) is 3.35. The Bertz CT molecular complexity index is 791. The number of hydrogen-bond donors (Lipinski definition) is 2. The summed E-state index contributed by atoms with van der Waals surface area (Å²) in [6.07, 6.45) is 1.64. The maximum atomic E-state index is 12.3. The van der Waals surface area contributed by atoms with Crippen molar-refractivity contribution in [1.82, 2.24) is 20.1 Å². The van der Waals surface area contributed by atoms with Crippen LogP contribution in [-0.2, 0) is 4.79 Å². The van der Waals surface area contributed by atoms with Crippen LogP contribution in [-0.4, -0.2) is 38.4 Å². The molecule has 2 rings (SSSR count). The van der Waals surface area contributed by atoms with Crippen LogP contribution in [0.5, 0.6) is 0 Å². The van der Waals surface area contributed by atoms with Crippen molar-refractivity contribution in [3.05, 3.63) is 35.1 Å². The number of hydrogen-bond acceptors (Lipinski definition) is 5. The highest BCUT2D eigenvalue weighted by Crippen LogP contribution is 2.23. The first-order valence-electron chi connectivity index (χ1n) is 8.20. The maximum Gasteiger partial charge on any atom is 0.253 e. The Morgan fingerprint density at radius 1 is 1.27 bits per heavy atom. The van der Waals surface area contributed by atoms with E-state index in [4.69, 9.17) is 11.6 Å². The fourth-order valence-corrected chi connectivity index (χ4v) is 3.18. The van der Waals surface area contributed by atoms with E-state index < -0.39 is 0 Å². The first kappa shape index (κ1) is 20.3. The van der Waals surface area contributed by atoms with Crippen molar-refractivity contribution in [2.75, 3.05) is 11.1 Å². The largest absolute Gasteiger partial charge is 0.350 e. The molecule has 1 heterocycles. The van der Waals surface area contributed by atoms with Gasteiger partial charge in [-0.3, -0.25) is 9.59 Å². The lowest BCUT2D eigenvalue weighted by Gasteiger charge is -2.14. The molecule has 26 heavy (non-hydrogen) atoms. The Morgan fingerprint density at radius 2 is 2.00 bits per heavy atom. The zero-order valence-corrected chi connectivity index (χ0v) is 16.7. The average Bonchev–Trinajstić information content (AvgIpc) is 3.01. The summed E-state index contributed by atoms with van der Waals surface area (Å²) in [4.78, 5) is 24.6. The minimum absolute atomic E-state index is 0.0142. The molecule has 0 saturated carbocycles. The molecule has 140 valence electrons. The van der Waals surface area contributed by atoms with Crippen LogP contribution in [0.25, 0.3) is 0 Å². The van der Waals surface area contributed by atoms with Crippen LogP contribution in [0.2, 0.25) is 5.02 Å². The minimum Gasteiger partial charge on any atom is -0.350 e. The maximum absolute atomic E-state index is 12.3. The van der Waals surface area contributed by atoms with E-state index >= 15 is 0 Å². The van der Waals surface area contributed by atoms with E-state index in [1.165, 1.54) is 11.8 Å². The predicted octanol–water partition coefficient (Wildman–Crippen LogP) is 3.38. The van der Waals surface area contributed by atoms with E-state index in [9.17, 15) is 9.59 Å². The zero-order chi connectivity index (χ0) is 19.3. The molecule has 0 unspecified atom stereocenters. The summed E-state index contributed by atoms with van der Waals surface area (Å²) in [5.41, 5.74) is 0.748. The second-order valence-electron chi connectivity index (χ2n) is 6.27. The zero-order valence-electron chi connectivity index (χ0n) is 15.1. The normalized spacial score (nSPS) is 11.0. The molecule has 2 aromatic rings. The second-order valence-corrected chi connectivity index (χ2v) is 7.65. The number of nitrogens with one attached hydrogen (secondary N) is 2. The van der Waals surface area contributed by atoms with Gasteiger partial charge in [0.2, 0.25) is 5.91 Å². The number of amides is 2. The van der Waals surface area contributed by atoms with Gasteiger partial charge in [0.05, 0.1) is 17.0 Å². The van der Waals surface area contributed by atoms with Gasteiger partial charge in [0.25, 0.3) is 5.91 Å². The molecule has 0 spiro atoms. The Kier molecular flexibility index (Phi) is 7.05. The van der Waals surface area contributed by atoms with Crippen LogP contribution in [0.1, 0.15) is 44.1 Å². The van der Waals surface area contributed by atoms with Gasteiger partial charge in [-0.25, -0.2) is 0 Å². The quantitative estimate of drug-likeness (QED) is 0.701. The lowest BCUT2D eigenvalue weighted by Crippen LogP contribution is -2.31. The van der Waals surface area contributed by atoms with Gasteiger partial charge >= 0.3 is 0 Å². The number of carbonyl (C=O) groups is 2. The molecule has 0 aliphatic heterocycles. The van der Waals surface area contributed by atoms with Crippen molar-refractivity contribution >= 4 is 40.9 Å². The average molecular weight is 396 g/mol. The summed E-state index contributed by atoms with van der Waals surface area (Å²) in [7, 11) is 0. The molecule has 2 N–H and O–H groups in total. The highest BCUT2D eigenvalue weighted by Gasteiger charge is 2.16. The first-order chi connectivity index (χ1) is 12.3. The topological polar surface area (TPSA) is 88.9 Å². The molecule has 7 nitrogen and oxygen atoms in total. The van der Waals surface area contributed by atoms with Crippen LogP contribution in [0.4, 0.5) is 5.69 Å². The molecule has 0 aliphatic rings. The van der Waals surface area contributed by atoms with E-state index in [0.717, 1.165) is 0 Å². The van der Waals surface area contributed by atoms with E-state index in [2.05, 4.69) is 20.8 Å². The number of nitrogens with zero attached hydrogens (tertiary/aromatic N) is 3. The van der Waals surface area contributed by atoms with E-state index in [-0.39, 0.29) is 29.7 Å². The van der Waals surface area contributed by atoms with E-state index in [0.29, 0.717) is 21.4 Å². The first-order valence-corrected chi connectivity index (χ1v) is 9.57. The predicted molar refractivity (Wildman–Crippen MR) is 104 cm³/mol. The number of halogens is 1. The molecule has 1 aromatic heterocycles. The molecule has 1 aromatic carbocycles. The van der Waals surface area contributed by atoms with Crippen LogP contribution in [0.3, 0.4) is 0 Å². The smallest absolute Gasteiger partial charge is 0.253 e. The molecule has 0 saturated heterocycles. The fraction of sp³-hybridized carbons (Fsp3) is 0.412. The van der Waals surface area contributed by atoms with E-state index in [1.807, 2.05) is 32.3 Å². The number of thioether (sulfide) groups is 1. The number of carbonyl (C=O) groups excluding carboxylic acids is 2. The van der Waals surface area contributed by atoms with Crippen molar-refractivity contribution in [1.29, 1.82) is 0 Å². The molecule has 0 aliphatic carbocycles. The van der Waals surface area contributed by atoms with Gasteiger partial charge in [0.15, 0.2) is 5.16 Å².